The van der Waals surface area contributed by atoms with Gasteiger partial charge in [-0.15, -0.1) is 12.4 Å². The van der Waals surface area contributed by atoms with Crippen molar-refractivity contribution >= 4 is 28.3 Å². The monoisotopic (exact) mass is 305 g/mol. The van der Waals surface area contributed by atoms with Gasteiger partial charge in [0.25, 0.3) is 0 Å². The van der Waals surface area contributed by atoms with Crippen LogP contribution < -0.4 is 5.32 Å². The van der Waals surface area contributed by atoms with Crippen molar-refractivity contribution in [2.45, 2.75) is 13.0 Å². The summed E-state index contributed by atoms with van der Waals surface area (Å²) in [5.74, 6) is 0. The van der Waals surface area contributed by atoms with E-state index >= 15 is 0 Å². The number of nitrogens with one attached hydrogen (secondary N) is 1. The van der Waals surface area contributed by atoms with E-state index in [9.17, 15) is 0 Å². The Balaban J connectivity index is 0.00000128. The summed E-state index contributed by atoms with van der Waals surface area (Å²) < 4.78 is 0.906. The summed E-state index contributed by atoms with van der Waals surface area (Å²) >= 11 is 3.35. The molecular formula is C11H17BrClN3. The molecule has 1 fully saturated rings. The molecule has 0 radical (unpaired) electrons. The van der Waals surface area contributed by atoms with Crippen LogP contribution in [0.15, 0.2) is 22.9 Å². The van der Waals surface area contributed by atoms with E-state index in [0.29, 0.717) is 0 Å². The zero-order valence-electron chi connectivity index (χ0n) is 9.16. The van der Waals surface area contributed by atoms with E-state index in [1.54, 1.807) is 0 Å². The lowest BCUT2D eigenvalue weighted by molar-refractivity contribution is 0.284. The van der Waals surface area contributed by atoms with Crippen molar-refractivity contribution in [1.29, 1.82) is 0 Å². The lowest BCUT2D eigenvalue weighted by Crippen LogP contribution is -2.27. The minimum absolute atomic E-state index is 0. The van der Waals surface area contributed by atoms with Crippen LogP contribution in [0.1, 0.15) is 12.0 Å². The molecule has 0 bridgehead atoms. The summed E-state index contributed by atoms with van der Waals surface area (Å²) in [6.07, 6.45) is 3.19. The Bertz CT molecular complexity index is 297. The molecule has 0 spiro atoms. The lowest BCUT2D eigenvalue weighted by Gasteiger charge is -2.18. The van der Waals surface area contributed by atoms with Crippen molar-refractivity contribution in [3.05, 3.63) is 28.5 Å². The van der Waals surface area contributed by atoms with Crippen molar-refractivity contribution in [1.82, 2.24) is 15.2 Å². The highest BCUT2D eigenvalue weighted by Crippen LogP contribution is 2.09. The van der Waals surface area contributed by atoms with Gasteiger partial charge in [0.2, 0.25) is 0 Å². The molecule has 3 nitrogen and oxygen atoms in total. The summed E-state index contributed by atoms with van der Waals surface area (Å²) in [5, 5.41) is 3.41. The van der Waals surface area contributed by atoms with Gasteiger partial charge in [-0.25, -0.2) is 4.98 Å². The number of rotatable bonds is 2. The van der Waals surface area contributed by atoms with Crippen LogP contribution in [0.25, 0.3) is 0 Å². The topological polar surface area (TPSA) is 28.2 Å². The van der Waals surface area contributed by atoms with E-state index in [1.165, 1.54) is 18.5 Å². The Hall–Kier alpha value is -0.160. The highest BCUT2D eigenvalue weighted by atomic mass is 79.9. The van der Waals surface area contributed by atoms with Gasteiger partial charge in [-0.3, -0.25) is 4.90 Å². The van der Waals surface area contributed by atoms with Gasteiger partial charge in [-0.2, -0.15) is 0 Å². The highest BCUT2D eigenvalue weighted by Gasteiger charge is 2.08. The maximum Gasteiger partial charge on any atom is 0.106 e. The maximum atomic E-state index is 4.24. The Morgan fingerprint density at radius 1 is 1.31 bits per heavy atom. The summed E-state index contributed by atoms with van der Waals surface area (Å²) in [6, 6.07) is 4.14. The predicted octanol–water partition coefficient (Wildman–Crippen LogP) is 2.06. The molecule has 90 valence electrons. The molecule has 1 saturated heterocycles. The van der Waals surface area contributed by atoms with Crippen LogP contribution >= 0.6 is 28.3 Å². The van der Waals surface area contributed by atoms with E-state index in [-0.39, 0.29) is 12.4 Å². The Labute approximate surface area is 111 Å². The Morgan fingerprint density at radius 2 is 2.19 bits per heavy atom. The fourth-order valence-electron chi connectivity index (χ4n) is 1.82. The third-order valence-corrected chi connectivity index (χ3v) is 3.10. The molecule has 0 aliphatic carbocycles. The molecule has 2 rings (SSSR count). The number of hydrogen-bond donors (Lipinski definition) is 1. The first kappa shape index (κ1) is 13.9. The quantitative estimate of drug-likeness (QED) is 0.848. The SMILES string of the molecule is Brc1ccc(CN2CCCNCC2)cn1.Cl. The molecule has 2 heterocycles. The number of aromatic nitrogens is 1. The minimum atomic E-state index is 0. The van der Waals surface area contributed by atoms with Gasteiger partial charge in [-0.1, -0.05) is 6.07 Å². The van der Waals surface area contributed by atoms with Gasteiger partial charge < -0.3 is 5.32 Å². The van der Waals surface area contributed by atoms with Crippen LogP contribution in [0, 0.1) is 0 Å². The second-order valence-electron chi connectivity index (χ2n) is 3.87. The highest BCUT2D eigenvalue weighted by molar-refractivity contribution is 9.10. The molecule has 5 heteroatoms. The largest absolute Gasteiger partial charge is 0.315 e. The molecule has 0 saturated carbocycles. The Morgan fingerprint density at radius 3 is 2.94 bits per heavy atom. The van der Waals surface area contributed by atoms with Gasteiger partial charge in [0.05, 0.1) is 0 Å². The van der Waals surface area contributed by atoms with E-state index in [4.69, 9.17) is 0 Å². The zero-order valence-corrected chi connectivity index (χ0v) is 11.6. The van der Waals surface area contributed by atoms with Crippen molar-refractivity contribution < 1.29 is 0 Å². The van der Waals surface area contributed by atoms with Gasteiger partial charge in [0.15, 0.2) is 0 Å². The third kappa shape index (κ3) is 4.37. The normalized spacial score (nSPS) is 17.6. The summed E-state index contributed by atoms with van der Waals surface area (Å²) in [4.78, 5) is 6.72. The molecule has 16 heavy (non-hydrogen) atoms. The minimum Gasteiger partial charge on any atom is -0.315 e. The molecule has 0 amide bonds. The first-order valence-electron chi connectivity index (χ1n) is 5.38. The molecule has 1 aromatic rings. The van der Waals surface area contributed by atoms with Crippen molar-refractivity contribution in [3.8, 4) is 0 Å². The first-order chi connectivity index (χ1) is 7.34. The second kappa shape index (κ2) is 7.22. The number of pyridine rings is 1. The van der Waals surface area contributed by atoms with Crippen LogP contribution in [-0.4, -0.2) is 36.1 Å². The fourth-order valence-corrected chi connectivity index (χ4v) is 2.05. The molecule has 1 N–H and O–H groups in total. The van der Waals surface area contributed by atoms with Gasteiger partial charge in [0, 0.05) is 25.8 Å². The summed E-state index contributed by atoms with van der Waals surface area (Å²) in [7, 11) is 0. The number of halogens is 2. The van der Waals surface area contributed by atoms with Crippen molar-refractivity contribution in [2.24, 2.45) is 0 Å². The molecule has 0 atom stereocenters. The fraction of sp³-hybridized carbons (Fsp3) is 0.545. The maximum absolute atomic E-state index is 4.24. The molecule has 1 aliphatic heterocycles. The van der Waals surface area contributed by atoms with Gasteiger partial charge >= 0.3 is 0 Å². The zero-order chi connectivity index (χ0) is 10.5. The number of hydrogen-bond acceptors (Lipinski definition) is 3. The van der Waals surface area contributed by atoms with Gasteiger partial charge in [0.1, 0.15) is 4.60 Å². The lowest BCUT2D eigenvalue weighted by atomic mass is 10.2. The molecular weight excluding hydrogens is 289 g/mol. The van der Waals surface area contributed by atoms with Crippen LogP contribution in [0.3, 0.4) is 0 Å². The first-order valence-corrected chi connectivity index (χ1v) is 6.17. The predicted molar refractivity (Wildman–Crippen MR) is 71.9 cm³/mol. The Kier molecular flexibility index (Phi) is 6.28. The van der Waals surface area contributed by atoms with Crippen LogP contribution in [-0.2, 0) is 6.54 Å². The molecule has 0 aromatic carbocycles. The summed E-state index contributed by atoms with van der Waals surface area (Å²) in [5.41, 5.74) is 1.29. The average Bonchev–Trinajstić information content (AvgIpc) is 2.50. The van der Waals surface area contributed by atoms with Crippen molar-refractivity contribution in [2.75, 3.05) is 26.2 Å². The smallest absolute Gasteiger partial charge is 0.106 e. The van der Waals surface area contributed by atoms with E-state index in [2.05, 4.69) is 37.2 Å². The average molecular weight is 307 g/mol. The van der Waals surface area contributed by atoms with E-state index in [0.717, 1.165) is 30.8 Å². The molecule has 1 aromatic heterocycles. The summed E-state index contributed by atoms with van der Waals surface area (Å²) in [6.45, 7) is 5.58. The van der Waals surface area contributed by atoms with Crippen molar-refractivity contribution in [3.63, 3.8) is 0 Å². The van der Waals surface area contributed by atoms with Gasteiger partial charge in [-0.05, 0) is 47.1 Å². The second-order valence-corrected chi connectivity index (χ2v) is 4.68. The van der Waals surface area contributed by atoms with Crippen LogP contribution in [0.2, 0.25) is 0 Å². The molecule has 0 unspecified atom stereocenters. The van der Waals surface area contributed by atoms with Crippen LogP contribution in [0.5, 0.6) is 0 Å². The third-order valence-electron chi connectivity index (χ3n) is 2.63. The van der Waals surface area contributed by atoms with Crippen LogP contribution in [0.4, 0.5) is 0 Å². The standard InChI is InChI=1S/C11H16BrN3.ClH/c12-11-3-2-10(8-14-11)9-15-6-1-4-13-5-7-15;/h2-3,8,13H,1,4-7,9H2;1H. The molecule has 1 aliphatic rings. The van der Waals surface area contributed by atoms with E-state index in [1.807, 2.05) is 12.3 Å². The number of nitrogens with zero attached hydrogens (tertiary/aromatic N) is 2. The van der Waals surface area contributed by atoms with E-state index < -0.39 is 0 Å².